The smallest absolute Gasteiger partial charge is 0.237 e. The van der Waals surface area contributed by atoms with E-state index >= 15 is 0 Å². The van der Waals surface area contributed by atoms with Crippen molar-refractivity contribution in [2.75, 3.05) is 37.6 Å². The van der Waals surface area contributed by atoms with Crippen LogP contribution in [0, 0.1) is 0 Å². The second-order valence-corrected chi connectivity index (χ2v) is 7.40. The molecule has 2 saturated heterocycles. The third kappa shape index (κ3) is 4.20. The van der Waals surface area contributed by atoms with E-state index in [-0.39, 0.29) is 11.9 Å². The number of carbonyl (C=O) groups is 1. The maximum Gasteiger partial charge on any atom is 0.237 e. The summed E-state index contributed by atoms with van der Waals surface area (Å²) in [6.07, 6.45) is 0.921. The molecule has 0 aliphatic carbocycles. The van der Waals surface area contributed by atoms with Crippen LogP contribution in [0.25, 0.3) is 0 Å². The van der Waals surface area contributed by atoms with E-state index in [1.807, 2.05) is 36.4 Å². The van der Waals surface area contributed by atoms with Crippen LogP contribution >= 0.6 is 11.6 Å². The van der Waals surface area contributed by atoms with Crippen molar-refractivity contribution < 1.29 is 9.53 Å². The Labute approximate surface area is 164 Å². The molecule has 0 spiro atoms. The van der Waals surface area contributed by atoms with Crippen molar-refractivity contribution in [2.45, 2.75) is 19.1 Å². The number of rotatable bonds is 5. The van der Waals surface area contributed by atoms with Gasteiger partial charge in [-0.05, 0) is 24.6 Å². The second kappa shape index (κ2) is 8.19. The van der Waals surface area contributed by atoms with Crippen LogP contribution < -0.4 is 15.0 Å². The first-order valence-electron chi connectivity index (χ1n) is 9.44. The summed E-state index contributed by atoms with van der Waals surface area (Å²) < 4.78 is 5.95. The molecule has 2 fully saturated rings. The Morgan fingerprint density at radius 3 is 2.63 bits per heavy atom. The van der Waals surface area contributed by atoms with Crippen LogP contribution in [0.2, 0.25) is 5.02 Å². The second-order valence-electron chi connectivity index (χ2n) is 7.00. The molecule has 1 atom stereocenters. The molecule has 5 nitrogen and oxygen atoms in total. The first kappa shape index (κ1) is 18.1. The van der Waals surface area contributed by atoms with Gasteiger partial charge < -0.3 is 15.0 Å². The third-order valence-electron chi connectivity index (χ3n) is 5.31. The van der Waals surface area contributed by atoms with Crippen molar-refractivity contribution in [3.05, 3.63) is 59.1 Å². The standard InChI is InChI=1S/C21H24ClN3O2/c22-19-7-2-1-4-16(19)15-27-18-6-3-5-17(14-18)24-10-12-25(13-11-24)20-8-9-23-21(20)26/h1-7,14,20H,8-13,15H2,(H,23,26)/t20-/m1/s1. The summed E-state index contributed by atoms with van der Waals surface area (Å²) in [4.78, 5) is 16.5. The van der Waals surface area contributed by atoms with E-state index in [0.29, 0.717) is 6.61 Å². The number of benzene rings is 2. The van der Waals surface area contributed by atoms with E-state index < -0.39 is 0 Å². The molecule has 0 aromatic heterocycles. The normalized spacial score (nSPS) is 20.6. The first-order valence-corrected chi connectivity index (χ1v) is 9.81. The summed E-state index contributed by atoms with van der Waals surface area (Å²) in [7, 11) is 0. The molecule has 0 saturated carbocycles. The van der Waals surface area contributed by atoms with Crippen LogP contribution in [0.15, 0.2) is 48.5 Å². The highest BCUT2D eigenvalue weighted by Crippen LogP contribution is 2.25. The maximum atomic E-state index is 11.9. The van der Waals surface area contributed by atoms with Crippen LogP contribution in [-0.4, -0.2) is 49.6 Å². The molecular weight excluding hydrogens is 362 g/mol. The molecule has 0 unspecified atom stereocenters. The van der Waals surface area contributed by atoms with Gasteiger partial charge in [-0.2, -0.15) is 0 Å². The van der Waals surface area contributed by atoms with Gasteiger partial charge in [0, 0.05) is 55.1 Å². The lowest BCUT2D eigenvalue weighted by Gasteiger charge is -2.38. The minimum absolute atomic E-state index is 0.0532. The fourth-order valence-corrected chi connectivity index (χ4v) is 3.96. The minimum atomic E-state index is 0.0532. The molecule has 2 aliphatic rings. The molecule has 2 aliphatic heterocycles. The number of anilines is 1. The Hall–Kier alpha value is -2.24. The molecule has 1 N–H and O–H groups in total. The van der Waals surface area contributed by atoms with Crippen molar-refractivity contribution in [2.24, 2.45) is 0 Å². The highest BCUT2D eigenvalue weighted by Gasteiger charge is 2.32. The third-order valence-corrected chi connectivity index (χ3v) is 5.68. The summed E-state index contributed by atoms with van der Waals surface area (Å²) in [6.45, 7) is 4.89. The van der Waals surface area contributed by atoms with Gasteiger partial charge in [-0.15, -0.1) is 0 Å². The van der Waals surface area contributed by atoms with Gasteiger partial charge in [-0.25, -0.2) is 0 Å². The van der Waals surface area contributed by atoms with E-state index in [1.165, 1.54) is 0 Å². The average molecular weight is 386 g/mol. The fourth-order valence-electron chi connectivity index (χ4n) is 3.77. The Bertz CT molecular complexity index is 806. The highest BCUT2D eigenvalue weighted by molar-refractivity contribution is 6.31. The molecule has 0 radical (unpaired) electrons. The van der Waals surface area contributed by atoms with E-state index in [0.717, 1.165) is 61.2 Å². The SMILES string of the molecule is O=C1NCC[C@H]1N1CCN(c2cccc(OCc3ccccc3Cl)c2)CC1. The summed E-state index contributed by atoms with van der Waals surface area (Å²) in [5.74, 6) is 1.02. The number of hydrogen-bond donors (Lipinski definition) is 1. The number of hydrogen-bond acceptors (Lipinski definition) is 4. The summed E-state index contributed by atoms with van der Waals surface area (Å²) in [6, 6.07) is 16.0. The molecule has 4 rings (SSSR count). The predicted octanol–water partition coefficient (Wildman–Crippen LogP) is 2.93. The van der Waals surface area contributed by atoms with Gasteiger partial charge in [-0.1, -0.05) is 35.9 Å². The van der Waals surface area contributed by atoms with Gasteiger partial charge in [0.25, 0.3) is 0 Å². The molecule has 27 heavy (non-hydrogen) atoms. The quantitative estimate of drug-likeness (QED) is 0.859. The molecule has 2 aromatic rings. The zero-order valence-electron chi connectivity index (χ0n) is 15.2. The molecule has 6 heteroatoms. The monoisotopic (exact) mass is 385 g/mol. The highest BCUT2D eigenvalue weighted by atomic mass is 35.5. The van der Waals surface area contributed by atoms with Crippen molar-refractivity contribution in [3.8, 4) is 5.75 Å². The van der Waals surface area contributed by atoms with Gasteiger partial charge in [0.05, 0.1) is 6.04 Å². The van der Waals surface area contributed by atoms with Crippen LogP contribution in [0.1, 0.15) is 12.0 Å². The molecule has 2 heterocycles. The topological polar surface area (TPSA) is 44.8 Å². The van der Waals surface area contributed by atoms with Gasteiger partial charge in [0.2, 0.25) is 5.91 Å². The number of piperazine rings is 1. The Morgan fingerprint density at radius 1 is 1.07 bits per heavy atom. The van der Waals surface area contributed by atoms with Gasteiger partial charge in [-0.3, -0.25) is 9.69 Å². The molecule has 2 aromatic carbocycles. The van der Waals surface area contributed by atoms with Crippen LogP contribution in [0.3, 0.4) is 0 Å². The number of amides is 1. The van der Waals surface area contributed by atoms with E-state index in [4.69, 9.17) is 16.3 Å². The summed E-state index contributed by atoms with van der Waals surface area (Å²) in [5.41, 5.74) is 2.13. The van der Waals surface area contributed by atoms with E-state index in [9.17, 15) is 4.79 Å². The van der Waals surface area contributed by atoms with Crippen LogP contribution in [0.5, 0.6) is 5.75 Å². The Balaban J connectivity index is 1.35. The van der Waals surface area contributed by atoms with E-state index in [2.05, 4.69) is 27.2 Å². The number of carbonyl (C=O) groups excluding carboxylic acids is 1. The zero-order valence-corrected chi connectivity index (χ0v) is 16.0. The summed E-state index contributed by atoms with van der Waals surface area (Å²) in [5, 5.41) is 3.65. The summed E-state index contributed by atoms with van der Waals surface area (Å²) >= 11 is 6.20. The van der Waals surface area contributed by atoms with Crippen molar-refractivity contribution in [1.82, 2.24) is 10.2 Å². The lowest BCUT2D eigenvalue weighted by atomic mass is 10.1. The van der Waals surface area contributed by atoms with Gasteiger partial charge in [0.15, 0.2) is 0 Å². The fraction of sp³-hybridized carbons (Fsp3) is 0.381. The van der Waals surface area contributed by atoms with Crippen molar-refractivity contribution >= 4 is 23.2 Å². The predicted molar refractivity (Wildman–Crippen MR) is 107 cm³/mol. The molecule has 0 bridgehead atoms. The molecule has 142 valence electrons. The Kier molecular flexibility index (Phi) is 5.50. The molecular formula is C21H24ClN3O2. The molecule has 1 amide bonds. The Morgan fingerprint density at radius 2 is 1.89 bits per heavy atom. The number of halogens is 1. The number of nitrogens with zero attached hydrogens (tertiary/aromatic N) is 2. The zero-order chi connectivity index (χ0) is 18.6. The number of ether oxygens (including phenoxy) is 1. The first-order chi connectivity index (χ1) is 13.2. The largest absolute Gasteiger partial charge is 0.489 e. The van der Waals surface area contributed by atoms with E-state index in [1.54, 1.807) is 0 Å². The minimum Gasteiger partial charge on any atom is -0.489 e. The van der Waals surface area contributed by atoms with Gasteiger partial charge >= 0.3 is 0 Å². The lowest BCUT2D eigenvalue weighted by Crippen LogP contribution is -2.52. The number of nitrogens with one attached hydrogen (secondary N) is 1. The van der Waals surface area contributed by atoms with Gasteiger partial charge in [0.1, 0.15) is 12.4 Å². The van der Waals surface area contributed by atoms with Crippen molar-refractivity contribution in [3.63, 3.8) is 0 Å². The van der Waals surface area contributed by atoms with Crippen LogP contribution in [0.4, 0.5) is 5.69 Å². The van der Waals surface area contributed by atoms with Crippen molar-refractivity contribution in [1.29, 1.82) is 0 Å². The maximum absolute atomic E-state index is 11.9. The van der Waals surface area contributed by atoms with Crippen LogP contribution in [-0.2, 0) is 11.4 Å². The average Bonchev–Trinajstić information content (AvgIpc) is 3.14. The lowest BCUT2D eigenvalue weighted by molar-refractivity contribution is -0.123.